The average molecular weight is 356 g/mol. The number of epoxide rings is 1. The SMILES string of the molecule is O=C(OC1CC1)C1(c2ccccc2)OC1(c1ccccc1)c1ccccc1. The summed E-state index contributed by atoms with van der Waals surface area (Å²) in [5, 5.41) is 0. The van der Waals surface area contributed by atoms with E-state index in [1.807, 2.05) is 91.0 Å². The third-order valence-electron chi connectivity index (χ3n) is 5.39. The van der Waals surface area contributed by atoms with Gasteiger partial charge in [0, 0.05) is 0 Å². The van der Waals surface area contributed by atoms with E-state index in [0.717, 1.165) is 29.5 Å². The Morgan fingerprint density at radius 2 is 1.19 bits per heavy atom. The standard InChI is InChI=1S/C24H20O3/c25-22(26-21-16-17-21)24(20-14-8-3-9-15-20)23(27-24,18-10-4-1-5-11-18)19-12-6-2-7-13-19/h1-15,21H,16-17H2. The lowest BCUT2D eigenvalue weighted by atomic mass is 9.77. The van der Waals surface area contributed by atoms with Crippen LogP contribution in [0.1, 0.15) is 29.5 Å². The van der Waals surface area contributed by atoms with E-state index in [-0.39, 0.29) is 12.1 Å². The summed E-state index contributed by atoms with van der Waals surface area (Å²) in [7, 11) is 0. The summed E-state index contributed by atoms with van der Waals surface area (Å²) >= 11 is 0. The molecule has 1 saturated carbocycles. The van der Waals surface area contributed by atoms with E-state index in [1.165, 1.54) is 0 Å². The quantitative estimate of drug-likeness (QED) is 0.497. The van der Waals surface area contributed by atoms with Gasteiger partial charge in [0.25, 0.3) is 0 Å². The normalized spacial score (nSPS) is 22.8. The number of esters is 1. The van der Waals surface area contributed by atoms with Crippen LogP contribution in [-0.4, -0.2) is 12.1 Å². The highest BCUT2D eigenvalue weighted by Crippen LogP contribution is 2.66. The van der Waals surface area contributed by atoms with Gasteiger partial charge in [-0.15, -0.1) is 0 Å². The van der Waals surface area contributed by atoms with E-state index in [0.29, 0.717) is 0 Å². The van der Waals surface area contributed by atoms with Crippen LogP contribution in [0, 0.1) is 0 Å². The average Bonchev–Trinajstić information content (AvgIpc) is 3.65. The lowest BCUT2D eigenvalue weighted by Gasteiger charge is -2.21. The van der Waals surface area contributed by atoms with Crippen LogP contribution in [0.2, 0.25) is 0 Å². The predicted octanol–water partition coefficient (Wildman–Crippen LogP) is 4.56. The van der Waals surface area contributed by atoms with Crippen LogP contribution in [0.25, 0.3) is 0 Å². The van der Waals surface area contributed by atoms with Crippen molar-refractivity contribution in [2.75, 3.05) is 0 Å². The third kappa shape index (κ3) is 2.42. The molecule has 1 unspecified atom stereocenters. The highest BCUT2D eigenvalue weighted by molar-refractivity contribution is 5.89. The van der Waals surface area contributed by atoms with Crippen LogP contribution >= 0.6 is 0 Å². The Balaban J connectivity index is 1.72. The van der Waals surface area contributed by atoms with Gasteiger partial charge in [-0.25, -0.2) is 4.79 Å². The van der Waals surface area contributed by atoms with E-state index in [4.69, 9.17) is 9.47 Å². The topological polar surface area (TPSA) is 38.8 Å². The Hall–Kier alpha value is -2.91. The van der Waals surface area contributed by atoms with Gasteiger partial charge in [-0.2, -0.15) is 0 Å². The summed E-state index contributed by atoms with van der Waals surface area (Å²) in [5.74, 6) is -0.302. The second-order valence-electron chi connectivity index (χ2n) is 7.17. The van der Waals surface area contributed by atoms with Crippen molar-refractivity contribution < 1.29 is 14.3 Å². The minimum absolute atomic E-state index is 0.0199. The number of benzene rings is 3. The molecule has 1 atom stereocenters. The van der Waals surface area contributed by atoms with Gasteiger partial charge in [0.1, 0.15) is 6.10 Å². The van der Waals surface area contributed by atoms with Gasteiger partial charge in [-0.05, 0) is 29.5 Å². The van der Waals surface area contributed by atoms with Crippen molar-refractivity contribution in [1.29, 1.82) is 0 Å². The number of carbonyl (C=O) groups is 1. The fourth-order valence-corrected chi connectivity index (χ4v) is 3.90. The summed E-state index contributed by atoms with van der Waals surface area (Å²) in [6.07, 6.45) is 1.88. The molecule has 1 heterocycles. The first-order valence-corrected chi connectivity index (χ1v) is 9.35. The summed E-state index contributed by atoms with van der Waals surface area (Å²) in [5.41, 5.74) is 0.673. The molecule has 1 aliphatic heterocycles. The molecule has 0 spiro atoms. The second kappa shape index (κ2) is 6.07. The minimum Gasteiger partial charge on any atom is -0.460 e. The number of ether oxygens (including phenoxy) is 2. The predicted molar refractivity (Wildman–Crippen MR) is 102 cm³/mol. The molecule has 3 nitrogen and oxygen atoms in total. The molecule has 0 N–H and O–H groups in total. The fourth-order valence-electron chi connectivity index (χ4n) is 3.90. The molecule has 1 saturated heterocycles. The van der Waals surface area contributed by atoms with Crippen molar-refractivity contribution in [3.63, 3.8) is 0 Å². The first-order chi connectivity index (χ1) is 13.3. The van der Waals surface area contributed by atoms with Crippen molar-refractivity contribution in [2.24, 2.45) is 0 Å². The van der Waals surface area contributed by atoms with Crippen LogP contribution in [-0.2, 0) is 25.5 Å². The Morgan fingerprint density at radius 3 is 1.63 bits per heavy atom. The maximum atomic E-state index is 13.4. The maximum absolute atomic E-state index is 13.4. The Labute approximate surface area is 158 Å². The van der Waals surface area contributed by atoms with Crippen LogP contribution in [0.4, 0.5) is 0 Å². The van der Waals surface area contributed by atoms with Crippen LogP contribution in [0.5, 0.6) is 0 Å². The van der Waals surface area contributed by atoms with E-state index < -0.39 is 11.2 Å². The van der Waals surface area contributed by atoms with Gasteiger partial charge in [0.15, 0.2) is 5.60 Å². The molecular weight excluding hydrogens is 336 g/mol. The molecule has 27 heavy (non-hydrogen) atoms. The molecule has 0 radical (unpaired) electrons. The molecule has 3 aromatic carbocycles. The van der Waals surface area contributed by atoms with Gasteiger partial charge in [0.2, 0.25) is 5.60 Å². The zero-order valence-electron chi connectivity index (χ0n) is 14.9. The molecule has 2 fully saturated rings. The van der Waals surface area contributed by atoms with E-state index in [2.05, 4.69) is 0 Å². The van der Waals surface area contributed by atoms with E-state index in [9.17, 15) is 4.79 Å². The number of carbonyl (C=O) groups excluding carboxylic acids is 1. The highest BCUT2D eigenvalue weighted by atomic mass is 16.7. The first kappa shape index (κ1) is 16.3. The van der Waals surface area contributed by atoms with Gasteiger partial charge >= 0.3 is 5.97 Å². The minimum atomic E-state index is -1.17. The van der Waals surface area contributed by atoms with Crippen molar-refractivity contribution in [1.82, 2.24) is 0 Å². The molecule has 134 valence electrons. The van der Waals surface area contributed by atoms with Crippen molar-refractivity contribution >= 4 is 5.97 Å². The summed E-state index contributed by atoms with van der Waals surface area (Å²) in [6, 6.07) is 29.6. The van der Waals surface area contributed by atoms with Crippen LogP contribution < -0.4 is 0 Å². The van der Waals surface area contributed by atoms with Gasteiger partial charge < -0.3 is 9.47 Å². The van der Waals surface area contributed by atoms with E-state index >= 15 is 0 Å². The Bertz CT molecular complexity index is 909. The van der Waals surface area contributed by atoms with Crippen molar-refractivity contribution in [2.45, 2.75) is 30.1 Å². The van der Waals surface area contributed by atoms with Gasteiger partial charge in [-0.3, -0.25) is 0 Å². The van der Waals surface area contributed by atoms with Crippen molar-refractivity contribution in [3.05, 3.63) is 108 Å². The zero-order chi connectivity index (χ0) is 18.3. The number of hydrogen-bond donors (Lipinski definition) is 0. The summed E-state index contributed by atoms with van der Waals surface area (Å²) in [4.78, 5) is 13.4. The second-order valence-corrected chi connectivity index (χ2v) is 7.17. The number of hydrogen-bond acceptors (Lipinski definition) is 3. The molecule has 0 aromatic heterocycles. The van der Waals surface area contributed by atoms with Gasteiger partial charge in [0.05, 0.1) is 0 Å². The fraction of sp³-hybridized carbons (Fsp3) is 0.208. The monoisotopic (exact) mass is 356 g/mol. The Morgan fingerprint density at radius 1 is 0.741 bits per heavy atom. The van der Waals surface area contributed by atoms with Gasteiger partial charge in [-0.1, -0.05) is 91.0 Å². The smallest absolute Gasteiger partial charge is 0.347 e. The molecule has 1 aliphatic carbocycles. The van der Waals surface area contributed by atoms with Crippen LogP contribution in [0.3, 0.4) is 0 Å². The highest BCUT2D eigenvalue weighted by Gasteiger charge is 2.78. The number of rotatable bonds is 5. The van der Waals surface area contributed by atoms with E-state index in [1.54, 1.807) is 0 Å². The largest absolute Gasteiger partial charge is 0.460 e. The Kier molecular flexibility index (Phi) is 3.66. The molecule has 5 rings (SSSR count). The summed E-state index contributed by atoms with van der Waals surface area (Å²) < 4.78 is 12.2. The lowest BCUT2D eigenvalue weighted by molar-refractivity contribution is -0.151. The molecule has 0 bridgehead atoms. The molecule has 3 aromatic rings. The molecule has 2 aliphatic rings. The zero-order valence-corrected chi connectivity index (χ0v) is 14.9. The third-order valence-corrected chi connectivity index (χ3v) is 5.39. The molecular formula is C24H20O3. The maximum Gasteiger partial charge on any atom is 0.347 e. The molecule has 0 amide bonds. The van der Waals surface area contributed by atoms with Crippen molar-refractivity contribution in [3.8, 4) is 0 Å². The first-order valence-electron chi connectivity index (χ1n) is 9.35. The van der Waals surface area contributed by atoms with Crippen LogP contribution in [0.15, 0.2) is 91.0 Å². The summed E-state index contributed by atoms with van der Waals surface area (Å²) in [6.45, 7) is 0. The molecule has 3 heteroatoms. The lowest BCUT2D eigenvalue weighted by Crippen LogP contribution is -2.33.